The molecule has 1 aliphatic heterocycles. The van der Waals surface area contributed by atoms with E-state index in [2.05, 4.69) is 5.10 Å². The molecule has 0 aromatic carbocycles. The van der Waals surface area contributed by atoms with E-state index in [0.29, 0.717) is 25.6 Å². The summed E-state index contributed by atoms with van der Waals surface area (Å²) in [6.45, 7) is 3.96. The molecule has 0 unspecified atom stereocenters. The number of rotatable bonds is 3. The molecule has 2 aromatic rings. The molecule has 5 nitrogen and oxygen atoms in total. The molecule has 1 saturated heterocycles. The number of nitrogens with zero attached hydrogens (tertiary/aromatic N) is 3. The summed E-state index contributed by atoms with van der Waals surface area (Å²) in [6, 6.07) is 6.97. The zero-order chi connectivity index (χ0) is 14.1. The Morgan fingerprint density at radius 3 is 2.85 bits per heavy atom. The van der Waals surface area contributed by atoms with Crippen LogP contribution in [0, 0.1) is 12.8 Å². The number of amides is 1. The number of carbonyl (C=O) groups is 1. The summed E-state index contributed by atoms with van der Waals surface area (Å²) in [5.74, 6) is 0.403. The topological polar surface area (TPSA) is 55.2 Å². The second kappa shape index (κ2) is 5.20. The third kappa shape index (κ3) is 2.51. The van der Waals surface area contributed by atoms with Crippen molar-refractivity contribution >= 4 is 17.2 Å². The average Bonchev–Trinajstić information content (AvgIpc) is 2.81. The van der Waals surface area contributed by atoms with Crippen molar-refractivity contribution < 1.29 is 4.79 Å². The van der Waals surface area contributed by atoms with Crippen LogP contribution in [0.2, 0.25) is 0 Å². The molecule has 0 atom stereocenters. The van der Waals surface area contributed by atoms with Crippen molar-refractivity contribution in [1.82, 2.24) is 14.7 Å². The minimum Gasteiger partial charge on any atom is -0.337 e. The Bertz CT molecular complexity index is 685. The van der Waals surface area contributed by atoms with Crippen LogP contribution in [0.15, 0.2) is 35.3 Å². The van der Waals surface area contributed by atoms with Gasteiger partial charge in [-0.2, -0.15) is 5.10 Å². The van der Waals surface area contributed by atoms with Crippen molar-refractivity contribution in [2.24, 2.45) is 5.92 Å². The lowest BCUT2D eigenvalue weighted by Crippen LogP contribution is -2.52. The Hall–Kier alpha value is -1.95. The van der Waals surface area contributed by atoms with E-state index < -0.39 is 0 Å². The summed E-state index contributed by atoms with van der Waals surface area (Å²) in [7, 11) is 0. The molecule has 0 saturated carbocycles. The van der Waals surface area contributed by atoms with Gasteiger partial charge in [-0.3, -0.25) is 9.59 Å². The molecule has 0 radical (unpaired) electrons. The third-order valence-electron chi connectivity index (χ3n) is 3.41. The Labute approximate surface area is 120 Å². The van der Waals surface area contributed by atoms with E-state index in [1.54, 1.807) is 12.3 Å². The van der Waals surface area contributed by atoms with Crippen molar-refractivity contribution in [3.05, 3.63) is 50.6 Å². The largest absolute Gasteiger partial charge is 0.337 e. The molecule has 0 aliphatic carbocycles. The average molecular weight is 289 g/mol. The quantitative estimate of drug-likeness (QED) is 0.858. The summed E-state index contributed by atoms with van der Waals surface area (Å²) in [5.41, 5.74) is -0.0915. The summed E-state index contributed by atoms with van der Waals surface area (Å²) >= 11 is 1.52. The number of carbonyl (C=O) groups excluding carboxylic acids is 1. The van der Waals surface area contributed by atoms with Crippen molar-refractivity contribution in [2.75, 3.05) is 13.1 Å². The minimum absolute atomic E-state index is 0.0905. The van der Waals surface area contributed by atoms with Gasteiger partial charge in [-0.15, -0.1) is 11.3 Å². The van der Waals surface area contributed by atoms with Gasteiger partial charge in [-0.25, -0.2) is 4.68 Å². The fraction of sp³-hybridized carbons (Fsp3) is 0.357. The number of likely N-dealkylation sites (tertiary alicyclic amines) is 1. The van der Waals surface area contributed by atoms with Crippen molar-refractivity contribution in [2.45, 2.75) is 13.5 Å². The molecular formula is C14H15N3O2S. The molecule has 3 rings (SSSR count). The van der Waals surface area contributed by atoms with Gasteiger partial charge < -0.3 is 4.90 Å². The van der Waals surface area contributed by atoms with Gasteiger partial charge >= 0.3 is 0 Å². The maximum absolute atomic E-state index is 12.2. The monoisotopic (exact) mass is 289 g/mol. The van der Waals surface area contributed by atoms with E-state index in [9.17, 15) is 9.59 Å². The first-order valence-electron chi connectivity index (χ1n) is 6.51. The lowest BCUT2D eigenvalue weighted by molar-refractivity contribution is 0.0463. The maximum atomic E-state index is 12.2. The molecule has 1 amide bonds. The summed E-state index contributed by atoms with van der Waals surface area (Å²) in [6.07, 6.45) is 1.61. The normalized spacial score (nSPS) is 15.2. The first-order valence-corrected chi connectivity index (χ1v) is 7.33. The predicted octanol–water partition coefficient (Wildman–Crippen LogP) is 1.39. The molecule has 20 heavy (non-hydrogen) atoms. The number of aromatic nitrogens is 2. The van der Waals surface area contributed by atoms with Crippen LogP contribution in [0.4, 0.5) is 0 Å². The number of aryl methyl sites for hydroxylation is 1. The minimum atomic E-state index is -0.0915. The molecule has 1 aliphatic rings. The molecular weight excluding hydrogens is 274 g/mol. The van der Waals surface area contributed by atoms with Gasteiger partial charge in [0.15, 0.2) is 0 Å². The van der Waals surface area contributed by atoms with Crippen LogP contribution in [-0.2, 0) is 6.54 Å². The lowest BCUT2D eigenvalue weighted by atomic mass is 10.00. The smallest absolute Gasteiger partial charge is 0.266 e. The molecule has 6 heteroatoms. The highest BCUT2D eigenvalue weighted by Gasteiger charge is 2.32. The van der Waals surface area contributed by atoms with Crippen LogP contribution < -0.4 is 5.56 Å². The van der Waals surface area contributed by atoms with Crippen LogP contribution in [0.1, 0.15) is 14.5 Å². The molecule has 0 bridgehead atoms. The highest BCUT2D eigenvalue weighted by Crippen LogP contribution is 2.23. The van der Waals surface area contributed by atoms with Gasteiger partial charge in [-0.1, -0.05) is 0 Å². The van der Waals surface area contributed by atoms with E-state index in [4.69, 9.17) is 0 Å². The standard InChI is InChI=1S/C14H15N3O2S/c1-10-4-5-12(20-10)14(19)16-7-11(8-16)9-17-13(18)3-2-6-15-17/h2-6,11H,7-9H2,1H3. The maximum Gasteiger partial charge on any atom is 0.266 e. The van der Waals surface area contributed by atoms with E-state index in [0.717, 1.165) is 9.75 Å². The zero-order valence-electron chi connectivity index (χ0n) is 11.2. The van der Waals surface area contributed by atoms with E-state index >= 15 is 0 Å². The van der Waals surface area contributed by atoms with Crippen LogP contribution in [0.25, 0.3) is 0 Å². The van der Waals surface area contributed by atoms with E-state index in [1.165, 1.54) is 22.1 Å². The zero-order valence-corrected chi connectivity index (χ0v) is 12.0. The van der Waals surface area contributed by atoms with E-state index in [-0.39, 0.29) is 11.5 Å². The lowest BCUT2D eigenvalue weighted by Gasteiger charge is -2.38. The van der Waals surface area contributed by atoms with Gasteiger partial charge in [-0.05, 0) is 25.1 Å². The number of hydrogen-bond acceptors (Lipinski definition) is 4. The molecule has 3 heterocycles. The number of thiophene rings is 1. The molecule has 2 aromatic heterocycles. The molecule has 0 N–H and O–H groups in total. The highest BCUT2D eigenvalue weighted by molar-refractivity contribution is 7.13. The van der Waals surface area contributed by atoms with Crippen molar-refractivity contribution in [3.63, 3.8) is 0 Å². The van der Waals surface area contributed by atoms with Crippen molar-refractivity contribution in [3.8, 4) is 0 Å². The highest BCUT2D eigenvalue weighted by atomic mass is 32.1. The Kier molecular flexibility index (Phi) is 3.40. The molecule has 1 fully saturated rings. The second-order valence-electron chi connectivity index (χ2n) is 5.03. The third-order valence-corrected chi connectivity index (χ3v) is 4.40. The summed E-state index contributed by atoms with van der Waals surface area (Å²) in [5, 5.41) is 4.03. The Morgan fingerprint density at radius 1 is 1.40 bits per heavy atom. The van der Waals surface area contributed by atoms with Crippen LogP contribution in [0.5, 0.6) is 0 Å². The molecule has 0 spiro atoms. The van der Waals surface area contributed by atoms with Gasteiger partial charge in [0.2, 0.25) is 0 Å². The molecule has 104 valence electrons. The van der Waals surface area contributed by atoms with Crippen LogP contribution in [-0.4, -0.2) is 33.7 Å². The Balaban J connectivity index is 1.58. The van der Waals surface area contributed by atoms with E-state index in [1.807, 2.05) is 24.0 Å². The van der Waals surface area contributed by atoms with Gasteiger partial charge in [0, 0.05) is 36.1 Å². The summed E-state index contributed by atoms with van der Waals surface area (Å²) < 4.78 is 1.46. The predicted molar refractivity (Wildman–Crippen MR) is 76.9 cm³/mol. The fourth-order valence-electron chi connectivity index (χ4n) is 2.33. The number of hydrogen-bond donors (Lipinski definition) is 0. The van der Waals surface area contributed by atoms with Gasteiger partial charge in [0.25, 0.3) is 11.5 Å². The van der Waals surface area contributed by atoms with Crippen LogP contribution in [0.3, 0.4) is 0 Å². The summed E-state index contributed by atoms with van der Waals surface area (Å²) in [4.78, 5) is 27.5. The first kappa shape index (κ1) is 13.1. The van der Waals surface area contributed by atoms with Gasteiger partial charge in [0.1, 0.15) is 0 Å². The van der Waals surface area contributed by atoms with Crippen molar-refractivity contribution in [1.29, 1.82) is 0 Å². The fourth-order valence-corrected chi connectivity index (χ4v) is 3.16. The van der Waals surface area contributed by atoms with Gasteiger partial charge in [0.05, 0.1) is 11.4 Å². The first-order chi connectivity index (χ1) is 9.63. The second-order valence-corrected chi connectivity index (χ2v) is 6.32. The van der Waals surface area contributed by atoms with Crippen LogP contribution >= 0.6 is 11.3 Å². The Morgan fingerprint density at radius 2 is 2.20 bits per heavy atom. The SMILES string of the molecule is Cc1ccc(C(=O)N2CC(Cn3ncccc3=O)C2)s1.